The Kier molecular flexibility index (Phi) is 4.56. The van der Waals surface area contributed by atoms with E-state index in [1.165, 1.54) is 0 Å². The highest BCUT2D eigenvalue weighted by molar-refractivity contribution is 6.33. The van der Waals surface area contributed by atoms with Crippen molar-refractivity contribution in [2.24, 2.45) is 0 Å². The van der Waals surface area contributed by atoms with Crippen LogP contribution in [0.5, 0.6) is 0 Å². The van der Waals surface area contributed by atoms with E-state index in [1.807, 2.05) is 18.2 Å². The molecule has 1 aliphatic heterocycles. The molecular weight excluding hydrogens is 302 g/mol. The van der Waals surface area contributed by atoms with Crippen molar-refractivity contribution in [2.45, 2.75) is 18.9 Å². The second-order valence-electron chi connectivity index (χ2n) is 5.03. The quantitative estimate of drug-likeness (QED) is 0.904. The van der Waals surface area contributed by atoms with Gasteiger partial charge in [0.15, 0.2) is 0 Å². The number of carbonyl (C=O) groups excluding carboxylic acids is 1. The lowest BCUT2D eigenvalue weighted by molar-refractivity contribution is -0.124. The number of halogens is 1. The molecule has 2 aromatic rings. The van der Waals surface area contributed by atoms with Crippen LogP contribution in [0.4, 0.5) is 17.2 Å². The highest BCUT2D eigenvalue weighted by Gasteiger charge is 2.23. The fourth-order valence-electron chi connectivity index (χ4n) is 2.25. The highest BCUT2D eigenvalue weighted by atomic mass is 35.5. The molecule has 2 N–H and O–H groups in total. The zero-order valence-corrected chi connectivity index (χ0v) is 12.6. The fraction of sp³-hybridized carbons (Fsp3) is 0.250. The summed E-state index contributed by atoms with van der Waals surface area (Å²) in [5, 5.41) is 6.56. The van der Waals surface area contributed by atoms with Crippen LogP contribution in [0.2, 0.25) is 5.02 Å². The van der Waals surface area contributed by atoms with E-state index in [9.17, 15) is 4.79 Å². The minimum absolute atomic E-state index is 0.119. The van der Waals surface area contributed by atoms with Gasteiger partial charge in [-0.05, 0) is 37.1 Å². The number of hydrogen-bond acceptors (Lipinski definition) is 4. The lowest BCUT2D eigenvalue weighted by atomic mass is 10.2. The summed E-state index contributed by atoms with van der Waals surface area (Å²) in [5.74, 6) is 0.536. The Hall–Kier alpha value is -2.11. The first kappa shape index (κ1) is 14.8. The summed E-state index contributed by atoms with van der Waals surface area (Å²) in [4.78, 5) is 16.2. The summed E-state index contributed by atoms with van der Waals surface area (Å²) in [7, 11) is 0. The van der Waals surface area contributed by atoms with E-state index in [2.05, 4.69) is 15.6 Å². The molecule has 1 amide bonds. The third-order valence-electron chi connectivity index (χ3n) is 3.39. The van der Waals surface area contributed by atoms with Gasteiger partial charge < -0.3 is 15.4 Å². The second kappa shape index (κ2) is 6.77. The van der Waals surface area contributed by atoms with Crippen molar-refractivity contribution >= 4 is 34.7 Å². The van der Waals surface area contributed by atoms with Gasteiger partial charge in [-0.15, -0.1) is 0 Å². The standard InChI is InChI=1S/C16H16ClN3O2/c17-12-4-1-2-5-13(12)20-15-8-7-11(10-18-15)19-16(21)14-6-3-9-22-14/h1-2,4-5,7-8,10,14H,3,6,9H2,(H,18,20)(H,19,21). The largest absolute Gasteiger partial charge is 0.368 e. The first-order valence-corrected chi connectivity index (χ1v) is 7.50. The number of amides is 1. The Balaban J connectivity index is 1.63. The molecule has 1 aliphatic rings. The van der Waals surface area contributed by atoms with Crippen LogP contribution in [0.1, 0.15) is 12.8 Å². The molecular formula is C16H16ClN3O2. The summed E-state index contributed by atoms with van der Waals surface area (Å²) in [6.07, 6.45) is 2.95. The number of rotatable bonds is 4. The number of aromatic nitrogens is 1. The minimum Gasteiger partial charge on any atom is -0.368 e. The predicted molar refractivity (Wildman–Crippen MR) is 86.6 cm³/mol. The topological polar surface area (TPSA) is 63.2 Å². The van der Waals surface area contributed by atoms with Crippen LogP contribution < -0.4 is 10.6 Å². The van der Waals surface area contributed by atoms with Crippen molar-refractivity contribution in [3.63, 3.8) is 0 Å². The number of pyridine rings is 1. The molecule has 0 aliphatic carbocycles. The summed E-state index contributed by atoms with van der Waals surface area (Å²) in [6.45, 7) is 0.650. The van der Waals surface area contributed by atoms with Gasteiger partial charge in [0, 0.05) is 6.61 Å². The maximum Gasteiger partial charge on any atom is 0.253 e. The van der Waals surface area contributed by atoms with Gasteiger partial charge >= 0.3 is 0 Å². The molecule has 22 heavy (non-hydrogen) atoms. The summed E-state index contributed by atoms with van der Waals surface area (Å²) in [6, 6.07) is 11.0. The zero-order valence-electron chi connectivity index (χ0n) is 11.9. The molecule has 0 spiro atoms. The Morgan fingerprint density at radius 2 is 2.14 bits per heavy atom. The lowest BCUT2D eigenvalue weighted by Gasteiger charge is -2.11. The van der Waals surface area contributed by atoms with Crippen molar-refractivity contribution in [3.05, 3.63) is 47.6 Å². The van der Waals surface area contributed by atoms with Crippen molar-refractivity contribution in [1.29, 1.82) is 0 Å². The third kappa shape index (κ3) is 3.55. The molecule has 5 nitrogen and oxygen atoms in total. The number of hydrogen-bond donors (Lipinski definition) is 2. The molecule has 1 fully saturated rings. The van der Waals surface area contributed by atoms with E-state index in [0.29, 0.717) is 23.1 Å². The molecule has 0 bridgehead atoms. The molecule has 0 radical (unpaired) electrons. The molecule has 114 valence electrons. The van der Waals surface area contributed by atoms with Crippen LogP contribution in [-0.4, -0.2) is 23.6 Å². The lowest BCUT2D eigenvalue weighted by Crippen LogP contribution is -2.26. The smallest absolute Gasteiger partial charge is 0.253 e. The van der Waals surface area contributed by atoms with Crippen LogP contribution in [0.15, 0.2) is 42.6 Å². The average molecular weight is 318 g/mol. The number of nitrogens with one attached hydrogen (secondary N) is 2. The van der Waals surface area contributed by atoms with Crippen LogP contribution in [-0.2, 0) is 9.53 Å². The van der Waals surface area contributed by atoms with Crippen molar-refractivity contribution in [1.82, 2.24) is 4.98 Å². The second-order valence-corrected chi connectivity index (χ2v) is 5.44. The van der Waals surface area contributed by atoms with Crippen LogP contribution >= 0.6 is 11.6 Å². The van der Waals surface area contributed by atoms with Crippen molar-refractivity contribution in [2.75, 3.05) is 17.2 Å². The number of nitrogens with zero attached hydrogens (tertiary/aromatic N) is 1. The van der Waals surface area contributed by atoms with Crippen molar-refractivity contribution < 1.29 is 9.53 Å². The Labute approximate surface area is 133 Å². The molecule has 0 saturated carbocycles. The zero-order chi connectivity index (χ0) is 15.4. The van der Waals surface area contributed by atoms with E-state index in [0.717, 1.165) is 18.5 Å². The van der Waals surface area contributed by atoms with Gasteiger partial charge in [0.05, 0.1) is 22.6 Å². The Morgan fingerprint density at radius 3 is 2.82 bits per heavy atom. The maximum atomic E-state index is 11.9. The molecule has 6 heteroatoms. The summed E-state index contributed by atoms with van der Waals surface area (Å²) < 4.78 is 5.34. The van der Waals surface area contributed by atoms with Gasteiger partial charge in [-0.3, -0.25) is 4.79 Å². The number of para-hydroxylation sites is 1. The van der Waals surface area contributed by atoms with Gasteiger partial charge in [-0.1, -0.05) is 23.7 Å². The number of ether oxygens (including phenoxy) is 1. The van der Waals surface area contributed by atoms with E-state index in [1.54, 1.807) is 24.4 Å². The molecule has 3 rings (SSSR count). The Bertz CT molecular complexity index is 655. The maximum absolute atomic E-state index is 11.9. The van der Waals surface area contributed by atoms with E-state index in [-0.39, 0.29) is 12.0 Å². The van der Waals surface area contributed by atoms with Crippen LogP contribution in [0.25, 0.3) is 0 Å². The van der Waals surface area contributed by atoms with E-state index >= 15 is 0 Å². The third-order valence-corrected chi connectivity index (χ3v) is 3.72. The first-order valence-electron chi connectivity index (χ1n) is 7.12. The molecule has 1 atom stereocenters. The van der Waals surface area contributed by atoms with Gasteiger partial charge in [0.2, 0.25) is 0 Å². The first-order chi connectivity index (χ1) is 10.7. The average Bonchev–Trinajstić information content (AvgIpc) is 3.06. The van der Waals surface area contributed by atoms with Gasteiger partial charge in [0.1, 0.15) is 11.9 Å². The number of carbonyl (C=O) groups is 1. The molecule has 1 unspecified atom stereocenters. The predicted octanol–water partition coefficient (Wildman–Crippen LogP) is 3.60. The normalized spacial score (nSPS) is 17.2. The van der Waals surface area contributed by atoms with Crippen LogP contribution in [0, 0.1) is 0 Å². The fourth-order valence-corrected chi connectivity index (χ4v) is 2.43. The minimum atomic E-state index is -0.346. The molecule has 2 heterocycles. The van der Waals surface area contributed by atoms with Gasteiger partial charge in [-0.2, -0.15) is 0 Å². The van der Waals surface area contributed by atoms with E-state index in [4.69, 9.17) is 16.3 Å². The molecule has 1 aromatic carbocycles. The molecule has 1 aromatic heterocycles. The monoisotopic (exact) mass is 317 g/mol. The van der Waals surface area contributed by atoms with Crippen LogP contribution in [0.3, 0.4) is 0 Å². The highest BCUT2D eigenvalue weighted by Crippen LogP contribution is 2.24. The van der Waals surface area contributed by atoms with E-state index < -0.39 is 0 Å². The van der Waals surface area contributed by atoms with Gasteiger partial charge in [0.25, 0.3) is 5.91 Å². The SMILES string of the molecule is O=C(Nc1ccc(Nc2ccccc2Cl)nc1)C1CCCO1. The van der Waals surface area contributed by atoms with Gasteiger partial charge in [-0.25, -0.2) is 4.98 Å². The Morgan fingerprint density at radius 1 is 1.27 bits per heavy atom. The van der Waals surface area contributed by atoms with Crippen molar-refractivity contribution in [3.8, 4) is 0 Å². The summed E-state index contributed by atoms with van der Waals surface area (Å²) >= 11 is 6.09. The molecule has 1 saturated heterocycles. The number of anilines is 3. The summed E-state index contributed by atoms with van der Waals surface area (Å²) in [5.41, 5.74) is 1.43. The number of benzene rings is 1.